The third-order valence-corrected chi connectivity index (χ3v) is 10.1. The smallest absolute Gasteiger partial charge is 0.243 e. The molecule has 0 radical (unpaired) electrons. The van der Waals surface area contributed by atoms with Gasteiger partial charge in [-0.3, -0.25) is 0 Å². The summed E-state index contributed by atoms with van der Waals surface area (Å²) in [5, 5.41) is 13.6. The molecule has 0 bridgehead atoms. The molecule has 0 aliphatic carbocycles. The van der Waals surface area contributed by atoms with E-state index < -0.39 is 37.6 Å². The van der Waals surface area contributed by atoms with Crippen molar-refractivity contribution in [3.63, 3.8) is 0 Å². The average Bonchev–Trinajstić information content (AvgIpc) is 3.28. The molecule has 4 rings (SSSR count). The number of sulfonamides is 2. The summed E-state index contributed by atoms with van der Waals surface area (Å²) in [6, 6.07) is 11.0. The first kappa shape index (κ1) is 27.9. The molecule has 2 fully saturated rings. The molecule has 2 unspecified atom stereocenters. The summed E-state index contributed by atoms with van der Waals surface area (Å²) in [6.07, 6.45) is 0.895. The molecule has 2 aromatic carbocycles. The third-order valence-electron chi connectivity index (χ3n) is 6.75. The molecule has 2 aromatic rings. The lowest BCUT2D eigenvalue weighted by molar-refractivity contribution is -0.0312. The Morgan fingerprint density at radius 3 is 2.54 bits per heavy atom. The molecule has 0 saturated carbocycles. The molecule has 2 atom stereocenters. The highest BCUT2D eigenvalue weighted by atomic mass is 32.2. The largest absolute Gasteiger partial charge is 0.491 e. The Labute approximate surface area is 216 Å². The van der Waals surface area contributed by atoms with Crippen LogP contribution in [0.5, 0.6) is 5.75 Å². The first-order chi connectivity index (χ1) is 17.5. The van der Waals surface area contributed by atoms with Crippen LogP contribution in [0.1, 0.15) is 19.3 Å². The van der Waals surface area contributed by atoms with E-state index in [0.717, 1.165) is 6.07 Å². The zero-order chi connectivity index (χ0) is 26.7. The van der Waals surface area contributed by atoms with E-state index in [-0.39, 0.29) is 42.1 Å². The maximum Gasteiger partial charge on any atom is 0.243 e. The van der Waals surface area contributed by atoms with Gasteiger partial charge in [0.2, 0.25) is 20.0 Å². The van der Waals surface area contributed by atoms with Gasteiger partial charge in [0.15, 0.2) is 0 Å². The van der Waals surface area contributed by atoms with Crippen LogP contribution in [0.3, 0.4) is 0 Å². The molecule has 2 aliphatic heterocycles. The minimum absolute atomic E-state index is 0.00914. The number of nitrogens with zero attached hydrogens (tertiary/aromatic N) is 1. The Morgan fingerprint density at radius 2 is 1.84 bits per heavy atom. The summed E-state index contributed by atoms with van der Waals surface area (Å²) in [6.45, 7) is 1.23. The molecule has 10 nitrogen and oxygen atoms in total. The summed E-state index contributed by atoms with van der Waals surface area (Å²) in [7, 11) is -6.03. The number of aliphatic hydroxyl groups excluding tert-OH is 1. The fraction of sp³-hybridized carbons (Fsp3) is 0.500. The molecule has 37 heavy (non-hydrogen) atoms. The van der Waals surface area contributed by atoms with E-state index in [1.165, 1.54) is 41.7 Å². The van der Waals surface area contributed by atoms with Crippen molar-refractivity contribution < 1.29 is 35.8 Å². The van der Waals surface area contributed by atoms with Crippen LogP contribution in [0.15, 0.2) is 58.3 Å². The topological polar surface area (TPSA) is 134 Å². The van der Waals surface area contributed by atoms with Gasteiger partial charge in [0, 0.05) is 31.7 Å². The number of rotatable bonds is 10. The monoisotopic (exact) mass is 557 g/mol. The first-order valence-corrected chi connectivity index (χ1v) is 14.9. The maximum absolute atomic E-state index is 13.5. The Bertz CT molecular complexity index is 1300. The number of benzene rings is 2. The highest BCUT2D eigenvalue weighted by molar-refractivity contribution is 7.89. The van der Waals surface area contributed by atoms with Crippen molar-refractivity contribution >= 4 is 20.0 Å². The zero-order valence-corrected chi connectivity index (χ0v) is 22.1. The molecule has 2 heterocycles. The van der Waals surface area contributed by atoms with Gasteiger partial charge in [0.1, 0.15) is 24.3 Å². The first-order valence-electron chi connectivity index (χ1n) is 12.0. The fourth-order valence-electron chi connectivity index (χ4n) is 4.64. The van der Waals surface area contributed by atoms with Crippen LogP contribution >= 0.6 is 0 Å². The van der Waals surface area contributed by atoms with E-state index in [2.05, 4.69) is 10.0 Å². The van der Waals surface area contributed by atoms with E-state index in [0.29, 0.717) is 31.6 Å². The van der Waals surface area contributed by atoms with Gasteiger partial charge in [-0.25, -0.2) is 25.9 Å². The van der Waals surface area contributed by atoms with Gasteiger partial charge in [-0.05, 0) is 56.6 Å². The van der Waals surface area contributed by atoms with Crippen molar-refractivity contribution in [1.29, 1.82) is 0 Å². The summed E-state index contributed by atoms with van der Waals surface area (Å²) in [5.74, 6) is -0.260. The third kappa shape index (κ3) is 6.66. The Morgan fingerprint density at radius 1 is 1.14 bits per heavy atom. The van der Waals surface area contributed by atoms with E-state index >= 15 is 0 Å². The normalized spacial score (nSPS) is 21.2. The van der Waals surface area contributed by atoms with Gasteiger partial charge in [-0.1, -0.05) is 12.1 Å². The van der Waals surface area contributed by atoms with E-state index in [9.17, 15) is 26.3 Å². The van der Waals surface area contributed by atoms with Crippen molar-refractivity contribution in [1.82, 2.24) is 14.3 Å². The lowest BCUT2D eigenvalue weighted by atomic mass is 9.88. The van der Waals surface area contributed by atoms with Gasteiger partial charge in [0.25, 0.3) is 0 Å². The highest BCUT2D eigenvalue weighted by Gasteiger charge is 2.44. The Balaban J connectivity index is 1.23. The molecular formula is C24H32FN3O7S2. The van der Waals surface area contributed by atoms with Crippen LogP contribution in [-0.2, 0) is 24.8 Å². The SMILES string of the molecule is CNS(=O)(=O)c1cccc(OCC(O)CNC2COC3(CCN(S(=O)(=O)c4cccc(F)c4)CC3)C2)c1. The van der Waals surface area contributed by atoms with Crippen LogP contribution in [-0.4, -0.2) is 83.9 Å². The summed E-state index contributed by atoms with van der Waals surface area (Å²) in [5.41, 5.74) is -0.438. The number of ether oxygens (including phenoxy) is 2. The fourth-order valence-corrected chi connectivity index (χ4v) is 6.88. The molecule has 3 N–H and O–H groups in total. The zero-order valence-electron chi connectivity index (χ0n) is 20.5. The predicted octanol–water partition coefficient (Wildman–Crippen LogP) is 1.08. The maximum atomic E-state index is 13.5. The molecule has 1 spiro atoms. The van der Waals surface area contributed by atoms with Crippen molar-refractivity contribution in [2.75, 3.05) is 39.9 Å². The van der Waals surface area contributed by atoms with Crippen molar-refractivity contribution in [3.8, 4) is 5.75 Å². The van der Waals surface area contributed by atoms with Crippen LogP contribution in [0.4, 0.5) is 4.39 Å². The molecule has 13 heteroatoms. The van der Waals surface area contributed by atoms with Crippen LogP contribution in [0.25, 0.3) is 0 Å². The van der Waals surface area contributed by atoms with Crippen molar-refractivity contribution in [2.24, 2.45) is 0 Å². The van der Waals surface area contributed by atoms with Crippen LogP contribution in [0.2, 0.25) is 0 Å². The van der Waals surface area contributed by atoms with Crippen LogP contribution < -0.4 is 14.8 Å². The minimum Gasteiger partial charge on any atom is -0.491 e. The van der Waals surface area contributed by atoms with Crippen molar-refractivity contribution in [3.05, 3.63) is 54.3 Å². The molecular weight excluding hydrogens is 525 g/mol. The Kier molecular flexibility index (Phi) is 8.53. The number of aliphatic hydroxyl groups is 1. The van der Waals surface area contributed by atoms with Gasteiger partial charge in [0.05, 0.1) is 22.0 Å². The van der Waals surface area contributed by atoms with Gasteiger partial charge in [-0.15, -0.1) is 0 Å². The second-order valence-corrected chi connectivity index (χ2v) is 13.1. The number of piperidine rings is 1. The van der Waals surface area contributed by atoms with Crippen LogP contribution in [0, 0.1) is 5.82 Å². The van der Waals surface area contributed by atoms with E-state index in [4.69, 9.17) is 9.47 Å². The highest BCUT2D eigenvalue weighted by Crippen LogP contribution is 2.37. The average molecular weight is 558 g/mol. The lowest BCUT2D eigenvalue weighted by Gasteiger charge is -2.38. The van der Waals surface area contributed by atoms with E-state index in [1.54, 1.807) is 12.1 Å². The quantitative estimate of drug-likeness (QED) is 0.395. The second kappa shape index (κ2) is 11.3. The number of halogens is 1. The molecule has 2 saturated heterocycles. The lowest BCUT2D eigenvalue weighted by Crippen LogP contribution is -2.47. The summed E-state index contributed by atoms with van der Waals surface area (Å²) in [4.78, 5) is 0.0187. The molecule has 204 valence electrons. The van der Waals surface area contributed by atoms with E-state index in [1.807, 2.05) is 0 Å². The van der Waals surface area contributed by atoms with Crippen molar-refractivity contribution in [2.45, 2.75) is 46.8 Å². The molecule has 2 aliphatic rings. The van der Waals surface area contributed by atoms with Gasteiger partial charge >= 0.3 is 0 Å². The standard InChI is InChI=1S/C24H32FN3O7S2/c1-26-36(30,31)22-6-3-5-21(13-22)34-17-20(29)15-27-19-14-24(35-16-19)8-10-28(11-9-24)37(32,33)23-7-2-4-18(25)12-23/h2-7,12-13,19-20,26-27,29H,8-11,14-17H2,1H3. The number of hydrogen-bond acceptors (Lipinski definition) is 8. The molecule has 0 aromatic heterocycles. The predicted molar refractivity (Wildman–Crippen MR) is 134 cm³/mol. The molecule has 0 amide bonds. The minimum atomic E-state index is -3.77. The summed E-state index contributed by atoms with van der Waals surface area (Å²) >= 11 is 0. The second-order valence-electron chi connectivity index (χ2n) is 9.31. The summed E-state index contributed by atoms with van der Waals surface area (Å²) < 4.78 is 78.4. The van der Waals surface area contributed by atoms with Gasteiger partial charge in [-0.2, -0.15) is 4.31 Å². The number of nitrogens with one attached hydrogen (secondary N) is 2. The van der Waals surface area contributed by atoms with Gasteiger partial charge < -0.3 is 19.9 Å². The number of hydrogen-bond donors (Lipinski definition) is 3. The Hall–Kier alpha value is -2.13.